The standard InChI is InChI=1S/C22H22O5/c1-22(2,21(24)25)27-18-9-10-19-15(13-18)7-8-16(20(19)23)11-14-5-4-6-17(12-14)26-3/h4-6,9-13H,7-8H2,1-3H3,(H,24,25)/b16-11-. The Kier molecular flexibility index (Phi) is 5.04. The summed E-state index contributed by atoms with van der Waals surface area (Å²) in [7, 11) is 1.61. The van der Waals surface area contributed by atoms with Gasteiger partial charge in [-0.1, -0.05) is 12.1 Å². The van der Waals surface area contributed by atoms with E-state index in [9.17, 15) is 14.7 Å². The third kappa shape index (κ3) is 4.03. The Morgan fingerprint density at radius 2 is 1.89 bits per heavy atom. The van der Waals surface area contributed by atoms with E-state index in [0.29, 0.717) is 24.2 Å². The third-order valence-corrected chi connectivity index (χ3v) is 4.60. The zero-order valence-electron chi connectivity index (χ0n) is 15.6. The largest absolute Gasteiger partial charge is 0.497 e. The molecular formula is C22H22O5. The van der Waals surface area contributed by atoms with E-state index in [0.717, 1.165) is 22.4 Å². The van der Waals surface area contributed by atoms with Crippen LogP contribution in [-0.4, -0.2) is 29.6 Å². The number of aliphatic carboxylic acids is 1. The van der Waals surface area contributed by atoms with Crippen LogP contribution in [0.4, 0.5) is 0 Å². The van der Waals surface area contributed by atoms with Crippen LogP contribution in [0.2, 0.25) is 0 Å². The first-order chi connectivity index (χ1) is 12.8. The molecule has 5 nitrogen and oxygen atoms in total. The summed E-state index contributed by atoms with van der Waals surface area (Å²) in [6.07, 6.45) is 3.21. The molecule has 140 valence electrons. The Hall–Kier alpha value is -3.08. The van der Waals surface area contributed by atoms with E-state index in [-0.39, 0.29) is 5.78 Å². The number of benzene rings is 2. The van der Waals surface area contributed by atoms with E-state index in [1.165, 1.54) is 13.8 Å². The van der Waals surface area contributed by atoms with Crippen molar-refractivity contribution >= 4 is 17.8 Å². The number of hydrogen-bond donors (Lipinski definition) is 1. The summed E-state index contributed by atoms with van der Waals surface area (Å²) in [4.78, 5) is 24.1. The average Bonchev–Trinajstić information content (AvgIpc) is 2.64. The average molecular weight is 366 g/mol. The molecule has 0 radical (unpaired) electrons. The number of allylic oxidation sites excluding steroid dienone is 1. The van der Waals surface area contributed by atoms with Crippen molar-refractivity contribution in [1.29, 1.82) is 0 Å². The van der Waals surface area contributed by atoms with Crippen molar-refractivity contribution in [3.8, 4) is 11.5 Å². The summed E-state index contributed by atoms with van der Waals surface area (Å²) < 4.78 is 10.8. The van der Waals surface area contributed by atoms with Crippen LogP contribution in [0.25, 0.3) is 6.08 Å². The molecule has 1 aliphatic rings. The van der Waals surface area contributed by atoms with Gasteiger partial charge in [0.2, 0.25) is 0 Å². The number of methoxy groups -OCH3 is 1. The van der Waals surface area contributed by atoms with Gasteiger partial charge in [-0.15, -0.1) is 0 Å². The minimum absolute atomic E-state index is 0.0110. The van der Waals surface area contributed by atoms with Gasteiger partial charge in [-0.25, -0.2) is 4.79 Å². The van der Waals surface area contributed by atoms with Crippen molar-refractivity contribution < 1.29 is 24.2 Å². The molecule has 0 saturated carbocycles. The second-order valence-corrected chi connectivity index (χ2v) is 7.01. The van der Waals surface area contributed by atoms with Gasteiger partial charge in [0, 0.05) is 11.1 Å². The first-order valence-corrected chi connectivity index (χ1v) is 8.75. The van der Waals surface area contributed by atoms with Crippen LogP contribution in [-0.2, 0) is 11.2 Å². The van der Waals surface area contributed by atoms with Crippen molar-refractivity contribution in [2.75, 3.05) is 7.11 Å². The molecule has 1 N–H and O–H groups in total. The van der Waals surface area contributed by atoms with Gasteiger partial charge >= 0.3 is 5.97 Å². The highest BCUT2D eigenvalue weighted by atomic mass is 16.5. The number of rotatable bonds is 5. The number of carboxylic acid groups (broad SMARTS) is 1. The van der Waals surface area contributed by atoms with E-state index >= 15 is 0 Å². The van der Waals surface area contributed by atoms with Crippen LogP contribution in [0, 0.1) is 0 Å². The van der Waals surface area contributed by atoms with Gasteiger partial charge in [0.05, 0.1) is 7.11 Å². The quantitative estimate of drug-likeness (QED) is 0.805. The first-order valence-electron chi connectivity index (χ1n) is 8.75. The summed E-state index contributed by atoms with van der Waals surface area (Å²) in [5.74, 6) is 0.146. The lowest BCUT2D eigenvalue weighted by Crippen LogP contribution is -2.37. The van der Waals surface area contributed by atoms with Crippen molar-refractivity contribution in [2.45, 2.75) is 32.3 Å². The highest BCUT2D eigenvalue weighted by Gasteiger charge is 2.30. The zero-order valence-corrected chi connectivity index (χ0v) is 15.6. The van der Waals surface area contributed by atoms with E-state index in [1.54, 1.807) is 25.3 Å². The van der Waals surface area contributed by atoms with E-state index < -0.39 is 11.6 Å². The SMILES string of the molecule is COc1cccc(/C=C2/CCc3cc(OC(C)(C)C(=O)O)ccc3C2=O)c1. The van der Waals surface area contributed by atoms with Crippen LogP contribution >= 0.6 is 0 Å². The number of hydrogen-bond acceptors (Lipinski definition) is 4. The summed E-state index contributed by atoms with van der Waals surface area (Å²) >= 11 is 0. The lowest BCUT2D eigenvalue weighted by atomic mass is 9.86. The van der Waals surface area contributed by atoms with Gasteiger partial charge in [0.15, 0.2) is 11.4 Å². The van der Waals surface area contributed by atoms with Gasteiger partial charge < -0.3 is 14.6 Å². The van der Waals surface area contributed by atoms with E-state index in [4.69, 9.17) is 9.47 Å². The highest BCUT2D eigenvalue weighted by molar-refractivity contribution is 6.13. The number of aryl methyl sites for hydroxylation is 1. The van der Waals surface area contributed by atoms with Crippen LogP contribution in [0.15, 0.2) is 48.0 Å². The molecule has 0 amide bonds. The maximum atomic E-state index is 12.8. The summed E-state index contributed by atoms with van der Waals surface area (Å²) in [5, 5.41) is 9.20. The van der Waals surface area contributed by atoms with E-state index in [2.05, 4.69) is 0 Å². The van der Waals surface area contributed by atoms with E-state index in [1.807, 2.05) is 30.3 Å². The van der Waals surface area contributed by atoms with Gasteiger partial charge in [-0.2, -0.15) is 0 Å². The molecule has 2 aromatic rings. The summed E-state index contributed by atoms with van der Waals surface area (Å²) in [6.45, 7) is 2.99. The Morgan fingerprint density at radius 3 is 2.59 bits per heavy atom. The molecule has 0 spiro atoms. The molecule has 0 heterocycles. The van der Waals surface area contributed by atoms with Crippen molar-refractivity contribution in [2.24, 2.45) is 0 Å². The molecule has 0 fully saturated rings. The van der Waals surface area contributed by atoms with Crippen LogP contribution in [0.1, 0.15) is 41.8 Å². The van der Waals surface area contributed by atoms with Gasteiger partial charge in [-0.3, -0.25) is 4.79 Å². The van der Waals surface area contributed by atoms with Gasteiger partial charge in [-0.05, 0) is 74.2 Å². The normalized spacial score (nSPS) is 15.4. The predicted molar refractivity (Wildman–Crippen MR) is 102 cm³/mol. The number of carbonyl (C=O) groups excluding carboxylic acids is 1. The fourth-order valence-corrected chi connectivity index (χ4v) is 3.03. The van der Waals surface area contributed by atoms with Crippen molar-refractivity contribution in [3.63, 3.8) is 0 Å². The molecule has 27 heavy (non-hydrogen) atoms. The van der Waals surface area contributed by atoms with Crippen molar-refractivity contribution in [1.82, 2.24) is 0 Å². The van der Waals surface area contributed by atoms with Crippen LogP contribution < -0.4 is 9.47 Å². The summed E-state index contributed by atoms with van der Waals surface area (Å²) in [6, 6.07) is 12.7. The van der Waals surface area contributed by atoms with Gasteiger partial charge in [0.1, 0.15) is 11.5 Å². The molecule has 3 rings (SSSR count). The smallest absolute Gasteiger partial charge is 0.347 e. The maximum Gasteiger partial charge on any atom is 0.347 e. The molecular weight excluding hydrogens is 344 g/mol. The fourth-order valence-electron chi connectivity index (χ4n) is 3.03. The number of carbonyl (C=O) groups is 2. The lowest BCUT2D eigenvalue weighted by molar-refractivity contribution is -0.152. The minimum atomic E-state index is -1.33. The second-order valence-electron chi connectivity index (χ2n) is 7.01. The number of ketones is 1. The monoisotopic (exact) mass is 366 g/mol. The molecule has 0 atom stereocenters. The Balaban J connectivity index is 1.85. The van der Waals surface area contributed by atoms with Crippen LogP contribution in [0.5, 0.6) is 11.5 Å². The predicted octanol–water partition coefficient (Wildman–Crippen LogP) is 4.15. The molecule has 0 unspecified atom stereocenters. The zero-order chi connectivity index (χ0) is 19.6. The topological polar surface area (TPSA) is 72.8 Å². The van der Waals surface area contributed by atoms with Crippen LogP contribution in [0.3, 0.4) is 0 Å². The lowest BCUT2D eigenvalue weighted by Gasteiger charge is -2.23. The fraction of sp³-hybridized carbons (Fsp3) is 0.273. The Labute approximate surface area is 158 Å². The number of ether oxygens (including phenoxy) is 2. The number of carboxylic acids is 1. The molecule has 0 aromatic heterocycles. The molecule has 0 aliphatic heterocycles. The molecule has 0 saturated heterocycles. The first kappa shape index (κ1) is 18.7. The second kappa shape index (κ2) is 7.27. The number of fused-ring (bicyclic) bond motifs is 1. The van der Waals surface area contributed by atoms with Gasteiger partial charge in [0.25, 0.3) is 0 Å². The third-order valence-electron chi connectivity index (χ3n) is 4.60. The summed E-state index contributed by atoms with van der Waals surface area (Å²) in [5.41, 5.74) is 1.85. The highest BCUT2D eigenvalue weighted by Crippen LogP contribution is 2.31. The molecule has 1 aliphatic carbocycles. The number of Topliss-reactive ketones (excluding diaryl/α,β-unsaturated/α-hetero) is 1. The maximum absolute atomic E-state index is 12.8. The molecule has 5 heteroatoms. The molecule has 0 bridgehead atoms. The Morgan fingerprint density at radius 1 is 1.11 bits per heavy atom. The Bertz CT molecular complexity index is 924. The van der Waals surface area contributed by atoms with Crippen molar-refractivity contribution in [3.05, 3.63) is 64.7 Å². The minimum Gasteiger partial charge on any atom is -0.497 e. The molecule has 2 aromatic carbocycles.